The summed E-state index contributed by atoms with van der Waals surface area (Å²) in [6.07, 6.45) is 2.84. The minimum absolute atomic E-state index is 0.143. The molecule has 2 aliphatic rings. The Morgan fingerprint density at radius 1 is 1.37 bits per heavy atom. The van der Waals surface area contributed by atoms with E-state index in [4.69, 9.17) is 32.5 Å². The number of carbonyl (C=O) groups excluding carboxylic acids is 2. The summed E-state index contributed by atoms with van der Waals surface area (Å²) in [4.78, 5) is 31.5. The summed E-state index contributed by atoms with van der Waals surface area (Å²) in [6, 6.07) is 0. The van der Waals surface area contributed by atoms with Gasteiger partial charge in [0.1, 0.15) is 21.3 Å². The topological polar surface area (TPSA) is 133 Å². The normalized spacial score (nSPS) is 17.8. The Bertz CT molecular complexity index is 1040. The highest BCUT2D eigenvalue weighted by Crippen LogP contribution is 2.42. The van der Waals surface area contributed by atoms with Crippen molar-refractivity contribution in [2.75, 3.05) is 45.1 Å². The molecule has 1 aliphatic carbocycles. The maximum absolute atomic E-state index is 12.6. The summed E-state index contributed by atoms with van der Waals surface area (Å²) in [5.74, 6) is -1.19. The Balaban J connectivity index is 1.54. The fourth-order valence-electron chi connectivity index (χ4n) is 3.30. The van der Waals surface area contributed by atoms with Crippen LogP contribution in [-0.2, 0) is 9.53 Å². The first-order valence-electron chi connectivity index (χ1n) is 9.50. The van der Waals surface area contributed by atoms with Gasteiger partial charge in [-0.3, -0.25) is 9.69 Å². The summed E-state index contributed by atoms with van der Waals surface area (Å²) >= 11 is 7.53. The highest BCUT2D eigenvalue weighted by atomic mass is 35.5. The largest absolute Gasteiger partial charge is 0.475 e. The third-order valence-electron chi connectivity index (χ3n) is 5.18. The van der Waals surface area contributed by atoms with E-state index in [1.54, 1.807) is 6.92 Å². The highest BCUT2D eigenvalue weighted by molar-refractivity contribution is 7.21. The smallest absolute Gasteiger partial charge is 0.352 e. The number of nitrogens with zero attached hydrogens (tertiary/aromatic N) is 2. The minimum atomic E-state index is -1.46. The summed E-state index contributed by atoms with van der Waals surface area (Å²) in [5.41, 5.74) is 10.9. The molecule has 0 radical (unpaired) electrons. The van der Waals surface area contributed by atoms with Crippen LogP contribution in [0.5, 0.6) is 5.88 Å². The number of esters is 1. The van der Waals surface area contributed by atoms with Crippen molar-refractivity contribution in [3.8, 4) is 5.88 Å². The number of fused-ring (bicyclic) bond motifs is 1. The molecule has 0 saturated carbocycles. The summed E-state index contributed by atoms with van der Waals surface area (Å²) in [6.45, 7) is 6.87. The molecule has 0 spiro atoms. The van der Waals surface area contributed by atoms with E-state index in [0.29, 0.717) is 33.3 Å². The van der Waals surface area contributed by atoms with Crippen molar-refractivity contribution in [2.24, 2.45) is 5.73 Å². The van der Waals surface area contributed by atoms with Crippen LogP contribution >= 0.6 is 22.9 Å². The second-order valence-corrected chi connectivity index (χ2v) is 8.58. The van der Waals surface area contributed by atoms with Gasteiger partial charge < -0.3 is 26.3 Å². The minimum Gasteiger partial charge on any atom is -0.475 e. The Labute approximate surface area is 181 Å². The van der Waals surface area contributed by atoms with Gasteiger partial charge in [0.05, 0.1) is 5.69 Å². The number of nitrogen functional groups attached to an aromatic ring is 1. The molecule has 4 rings (SSSR count). The van der Waals surface area contributed by atoms with Gasteiger partial charge in [0.25, 0.3) is 5.91 Å². The number of piperazine rings is 1. The van der Waals surface area contributed by atoms with Crippen LogP contribution in [0.3, 0.4) is 0 Å². The number of aromatic nitrogens is 1. The number of aryl methyl sites for hydroxylation is 1. The SMILES string of the molecule is Cc1c(Cl)c(OCCN2CCNCC2)nc2sc(C(=O)OC3(C(N)=O)C=C3)c(N)c12. The van der Waals surface area contributed by atoms with E-state index in [2.05, 4.69) is 15.2 Å². The number of pyridine rings is 1. The van der Waals surface area contributed by atoms with E-state index in [0.717, 1.165) is 44.1 Å². The number of hydrogen-bond donors (Lipinski definition) is 3. The summed E-state index contributed by atoms with van der Waals surface area (Å²) in [7, 11) is 0. The van der Waals surface area contributed by atoms with Gasteiger partial charge in [0.2, 0.25) is 11.5 Å². The van der Waals surface area contributed by atoms with Gasteiger partial charge >= 0.3 is 5.97 Å². The van der Waals surface area contributed by atoms with Crippen LogP contribution < -0.4 is 21.5 Å². The van der Waals surface area contributed by atoms with Crippen LogP contribution in [0.15, 0.2) is 12.2 Å². The van der Waals surface area contributed by atoms with Crippen molar-refractivity contribution in [3.63, 3.8) is 0 Å². The number of halogens is 1. The molecular formula is C19H22ClN5O4S. The molecule has 1 amide bonds. The van der Waals surface area contributed by atoms with Gasteiger partial charge in [0.15, 0.2) is 0 Å². The van der Waals surface area contributed by atoms with E-state index in [-0.39, 0.29) is 10.6 Å². The number of carbonyl (C=O) groups is 2. The first-order chi connectivity index (χ1) is 14.3. The van der Waals surface area contributed by atoms with Crippen molar-refractivity contribution in [1.82, 2.24) is 15.2 Å². The van der Waals surface area contributed by atoms with Gasteiger partial charge in [-0.05, 0) is 24.6 Å². The number of thiophene rings is 1. The molecule has 5 N–H and O–H groups in total. The van der Waals surface area contributed by atoms with Crippen LogP contribution in [0.2, 0.25) is 5.02 Å². The fraction of sp³-hybridized carbons (Fsp3) is 0.421. The average molecular weight is 452 g/mol. The van der Waals surface area contributed by atoms with Crippen LogP contribution in [0.1, 0.15) is 15.2 Å². The van der Waals surface area contributed by atoms with Crippen molar-refractivity contribution in [3.05, 3.63) is 27.6 Å². The number of nitrogens with one attached hydrogen (secondary N) is 1. The lowest BCUT2D eigenvalue weighted by molar-refractivity contribution is -0.127. The molecule has 2 aromatic heterocycles. The third kappa shape index (κ3) is 3.83. The molecule has 1 aliphatic heterocycles. The first kappa shape index (κ1) is 20.9. The molecule has 160 valence electrons. The Hall–Kier alpha value is -2.40. The number of amides is 1. The molecule has 9 nitrogen and oxygen atoms in total. The first-order valence-corrected chi connectivity index (χ1v) is 10.7. The lowest BCUT2D eigenvalue weighted by atomic mass is 10.1. The molecule has 0 atom stereocenters. The summed E-state index contributed by atoms with van der Waals surface area (Å²) in [5, 5.41) is 4.23. The van der Waals surface area contributed by atoms with Crippen LogP contribution in [0.25, 0.3) is 10.2 Å². The van der Waals surface area contributed by atoms with E-state index >= 15 is 0 Å². The zero-order valence-corrected chi connectivity index (χ0v) is 17.9. The van der Waals surface area contributed by atoms with Gasteiger partial charge in [-0.15, -0.1) is 11.3 Å². The standard InChI is InChI=1S/C19H22ClN5O4S/c1-10-11-13(21)14(17(26)29-19(2-3-19)18(22)27)30-16(11)24-15(12(10)20)28-9-8-25-6-4-23-5-7-25/h2-3,23H,4-9,21H2,1H3,(H2,22,27). The lowest BCUT2D eigenvalue weighted by Gasteiger charge is -2.26. The van der Waals surface area contributed by atoms with Gasteiger partial charge in [0, 0.05) is 38.1 Å². The van der Waals surface area contributed by atoms with Gasteiger partial charge in [-0.25, -0.2) is 9.78 Å². The van der Waals surface area contributed by atoms with Crippen molar-refractivity contribution >= 4 is 50.7 Å². The predicted octanol–water partition coefficient (Wildman–Crippen LogP) is 1.08. The number of anilines is 1. The molecule has 11 heteroatoms. The quantitative estimate of drug-likeness (QED) is 0.420. The zero-order valence-electron chi connectivity index (χ0n) is 16.4. The molecule has 2 aromatic rings. The molecule has 3 heterocycles. The molecule has 1 fully saturated rings. The average Bonchev–Trinajstić information content (AvgIpc) is 3.43. The van der Waals surface area contributed by atoms with Crippen LogP contribution in [0, 0.1) is 6.92 Å². The molecule has 1 saturated heterocycles. The third-order valence-corrected chi connectivity index (χ3v) is 6.70. The van der Waals surface area contributed by atoms with Crippen LogP contribution in [-0.4, -0.2) is 66.7 Å². The van der Waals surface area contributed by atoms with Gasteiger partial charge in [-0.2, -0.15) is 0 Å². The van der Waals surface area contributed by atoms with E-state index in [1.165, 1.54) is 12.2 Å². The number of hydrogen-bond acceptors (Lipinski definition) is 9. The van der Waals surface area contributed by atoms with Crippen molar-refractivity contribution in [1.29, 1.82) is 0 Å². The Kier molecular flexibility index (Phi) is 5.58. The van der Waals surface area contributed by atoms with E-state index in [1.807, 2.05) is 0 Å². The van der Waals surface area contributed by atoms with Crippen molar-refractivity contribution < 1.29 is 19.1 Å². The van der Waals surface area contributed by atoms with E-state index < -0.39 is 17.5 Å². The van der Waals surface area contributed by atoms with Crippen LogP contribution in [0.4, 0.5) is 5.69 Å². The number of primary amides is 1. The number of ether oxygens (including phenoxy) is 2. The van der Waals surface area contributed by atoms with E-state index in [9.17, 15) is 9.59 Å². The molecular weight excluding hydrogens is 430 g/mol. The Morgan fingerprint density at radius 2 is 2.07 bits per heavy atom. The summed E-state index contributed by atoms with van der Waals surface area (Å²) < 4.78 is 11.1. The second kappa shape index (κ2) is 8.03. The second-order valence-electron chi connectivity index (χ2n) is 7.20. The molecule has 30 heavy (non-hydrogen) atoms. The Morgan fingerprint density at radius 3 is 2.70 bits per heavy atom. The number of nitrogens with two attached hydrogens (primary N) is 2. The predicted molar refractivity (Wildman–Crippen MR) is 115 cm³/mol. The fourth-order valence-corrected chi connectivity index (χ4v) is 4.51. The molecule has 0 unspecified atom stereocenters. The highest BCUT2D eigenvalue weighted by Gasteiger charge is 2.45. The monoisotopic (exact) mass is 451 g/mol. The molecule has 0 aromatic carbocycles. The molecule has 0 bridgehead atoms. The van der Waals surface area contributed by atoms with Gasteiger partial charge in [-0.1, -0.05) is 11.6 Å². The zero-order chi connectivity index (χ0) is 21.5. The number of rotatable bonds is 7. The van der Waals surface area contributed by atoms with Crippen molar-refractivity contribution in [2.45, 2.75) is 12.5 Å². The lowest BCUT2D eigenvalue weighted by Crippen LogP contribution is -2.44. The maximum Gasteiger partial charge on any atom is 0.352 e. The maximum atomic E-state index is 12.6.